The van der Waals surface area contributed by atoms with E-state index >= 15 is 0 Å². The highest BCUT2D eigenvalue weighted by molar-refractivity contribution is 7.15. The van der Waals surface area contributed by atoms with Crippen LogP contribution in [0.1, 0.15) is 56.2 Å². The quantitative estimate of drug-likeness (QED) is 0.877. The van der Waals surface area contributed by atoms with E-state index in [1.54, 1.807) is 11.3 Å². The molecule has 0 aromatic carbocycles. The molecule has 96 valence electrons. The van der Waals surface area contributed by atoms with Crippen molar-refractivity contribution < 1.29 is 5.11 Å². The third-order valence-electron chi connectivity index (χ3n) is 3.34. The van der Waals surface area contributed by atoms with Crippen molar-refractivity contribution in [3.8, 4) is 0 Å². The third-order valence-corrected chi connectivity index (χ3v) is 4.60. The van der Waals surface area contributed by atoms with Crippen LogP contribution in [0.3, 0.4) is 0 Å². The number of thiazole rings is 1. The van der Waals surface area contributed by atoms with Gasteiger partial charge in [-0.2, -0.15) is 0 Å². The van der Waals surface area contributed by atoms with Gasteiger partial charge >= 0.3 is 0 Å². The van der Waals surface area contributed by atoms with Crippen molar-refractivity contribution in [3.05, 3.63) is 10.6 Å². The van der Waals surface area contributed by atoms with Gasteiger partial charge in [-0.05, 0) is 32.6 Å². The van der Waals surface area contributed by atoms with E-state index in [0.29, 0.717) is 0 Å². The lowest BCUT2D eigenvalue weighted by molar-refractivity contribution is 0.160. The average molecular weight is 254 g/mol. The standard InChI is InChI=1S/C13H22N2OS/c1-3-5-9-15(4-2)13-14-10-7-6-8-11(16)12(10)17-13/h11,16H,3-9H2,1-2H3. The molecule has 4 heteroatoms. The number of aryl methyl sites for hydroxylation is 1. The SMILES string of the molecule is CCCCN(CC)c1nc2c(s1)C(O)CCC2. The van der Waals surface area contributed by atoms with Crippen molar-refractivity contribution in [2.45, 2.75) is 52.1 Å². The number of rotatable bonds is 5. The Labute approximate surface area is 107 Å². The van der Waals surface area contributed by atoms with Gasteiger partial charge in [-0.3, -0.25) is 0 Å². The molecule has 1 aromatic rings. The van der Waals surface area contributed by atoms with Crippen molar-refractivity contribution in [2.75, 3.05) is 18.0 Å². The van der Waals surface area contributed by atoms with Crippen LogP contribution in [0.25, 0.3) is 0 Å². The molecule has 0 fully saturated rings. The molecule has 0 radical (unpaired) electrons. The Morgan fingerprint density at radius 2 is 2.29 bits per heavy atom. The Morgan fingerprint density at radius 1 is 1.47 bits per heavy atom. The number of aliphatic hydroxyl groups excluding tert-OH is 1. The Kier molecular flexibility index (Phi) is 4.40. The molecular weight excluding hydrogens is 232 g/mol. The zero-order chi connectivity index (χ0) is 12.3. The maximum absolute atomic E-state index is 9.96. The Balaban J connectivity index is 2.15. The summed E-state index contributed by atoms with van der Waals surface area (Å²) < 4.78 is 0. The summed E-state index contributed by atoms with van der Waals surface area (Å²) in [6.45, 7) is 6.47. The Hall–Kier alpha value is -0.610. The van der Waals surface area contributed by atoms with Crippen LogP contribution in [0.5, 0.6) is 0 Å². The average Bonchev–Trinajstić information content (AvgIpc) is 2.75. The highest BCUT2D eigenvalue weighted by Crippen LogP contribution is 2.37. The van der Waals surface area contributed by atoms with Gasteiger partial charge in [0.15, 0.2) is 5.13 Å². The van der Waals surface area contributed by atoms with E-state index in [9.17, 15) is 5.11 Å². The van der Waals surface area contributed by atoms with Crippen LogP contribution in [0.15, 0.2) is 0 Å². The summed E-state index contributed by atoms with van der Waals surface area (Å²) in [5.74, 6) is 0. The van der Waals surface area contributed by atoms with E-state index in [2.05, 4.69) is 18.7 Å². The van der Waals surface area contributed by atoms with Crippen LogP contribution < -0.4 is 4.90 Å². The van der Waals surface area contributed by atoms with Crippen LogP contribution in [-0.4, -0.2) is 23.2 Å². The van der Waals surface area contributed by atoms with Gasteiger partial charge in [0.2, 0.25) is 0 Å². The van der Waals surface area contributed by atoms with E-state index < -0.39 is 0 Å². The molecule has 1 aliphatic rings. The number of hydrogen-bond acceptors (Lipinski definition) is 4. The van der Waals surface area contributed by atoms with Gasteiger partial charge in [-0.25, -0.2) is 4.98 Å². The van der Waals surface area contributed by atoms with Gasteiger partial charge in [-0.1, -0.05) is 24.7 Å². The van der Waals surface area contributed by atoms with E-state index in [0.717, 1.165) is 48.1 Å². The topological polar surface area (TPSA) is 36.4 Å². The minimum Gasteiger partial charge on any atom is -0.388 e. The van der Waals surface area contributed by atoms with Crippen LogP contribution in [0, 0.1) is 0 Å². The lowest BCUT2D eigenvalue weighted by atomic mass is 10.0. The van der Waals surface area contributed by atoms with Crippen molar-refractivity contribution in [3.63, 3.8) is 0 Å². The number of nitrogens with zero attached hydrogens (tertiary/aromatic N) is 2. The van der Waals surface area contributed by atoms with E-state index in [4.69, 9.17) is 4.98 Å². The summed E-state index contributed by atoms with van der Waals surface area (Å²) in [5, 5.41) is 11.1. The molecule has 0 aliphatic heterocycles. The van der Waals surface area contributed by atoms with Gasteiger partial charge in [0, 0.05) is 13.1 Å². The summed E-state index contributed by atoms with van der Waals surface area (Å²) in [4.78, 5) is 8.15. The van der Waals surface area contributed by atoms with Gasteiger partial charge in [0.05, 0.1) is 16.7 Å². The Bertz CT molecular complexity index is 364. The maximum Gasteiger partial charge on any atom is 0.185 e. The van der Waals surface area contributed by atoms with Gasteiger partial charge < -0.3 is 10.0 Å². The maximum atomic E-state index is 9.96. The second kappa shape index (κ2) is 5.83. The summed E-state index contributed by atoms with van der Waals surface area (Å²) >= 11 is 1.69. The van der Waals surface area contributed by atoms with Crippen molar-refractivity contribution in [1.82, 2.24) is 4.98 Å². The lowest BCUT2D eigenvalue weighted by Crippen LogP contribution is -2.23. The highest BCUT2D eigenvalue weighted by Gasteiger charge is 2.24. The van der Waals surface area contributed by atoms with Crippen LogP contribution in [-0.2, 0) is 6.42 Å². The number of aromatic nitrogens is 1. The minimum absolute atomic E-state index is 0.269. The first-order valence-electron chi connectivity index (χ1n) is 6.68. The molecule has 0 saturated heterocycles. The fourth-order valence-corrected chi connectivity index (χ4v) is 3.48. The highest BCUT2D eigenvalue weighted by atomic mass is 32.1. The van der Waals surface area contributed by atoms with Crippen LogP contribution in [0.2, 0.25) is 0 Å². The molecule has 17 heavy (non-hydrogen) atoms. The van der Waals surface area contributed by atoms with Crippen molar-refractivity contribution >= 4 is 16.5 Å². The monoisotopic (exact) mass is 254 g/mol. The van der Waals surface area contributed by atoms with Crippen LogP contribution >= 0.6 is 11.3 Å². The lowest BCUT2D eigenvalue weighted by Gasteiger charge is -2.19. The smallest absolute Gasteiger partial charge is 0.185 e. The minimum atomic E-state index is -0.269. The summed E-state index contributed by atoms with van der Waals surface area (Å²) in [6.07, 6.45) is 5.16. The first kappa shape index (κ1) is 12.8. The van der Waals surface area contributed by atoms with Crippen molar-refractivity contribution in [2.24, 2.45) is 0 Å². The molecule has 0 amide bonds. The molecule has 1 heterocycles. The molecule has 1 unspecified atom stereocenters. The predicted octanol–water partition coefficient (Wildman–Crippen LogP) is 3.14. The molecule has 2 rings (SSSR count). The van der Waals surface area contributed by atoms with Gasteiger partial charge in [0.1, 0.15) is 0 Å². The second-order valence-electron chi connectivity index (χ2n) is 4.65. The number of anilines is 1. The molecule has 0 spiro atoms. The summed E-state index contributed by atoms with van der Waals surface area (Å²) in [6, 6.07) is 0. The van der Waals surface area contributed by atoms with E-state index in [1.807, 2.05) is 0 Å². The number of hydrogen-bond donors (Lipinski definition) is 1. The van der Waals surface area contributed by atoms with Crippen molar-refractivity contribution in [1.29, 1.82) is 0 Å². The molecule has 1 aromatic heterocycles. The summed E-state index contributed by atoms with van der Waals surface area (Å²) in [5.41, 5.74) is 1.14. The number of unbranched alkanes of at least 4 members (excludes halogenated alkanes) is 1. The zero-order valence-corrected chi connectivity index (χ0v) is 11.6. The largest absolute Gasteiger partial charge is 0.388 e. The first-order valence-corrected chi connectivity index (χ1v) is 7.50. The number of aliphatic hydroxyl groups is 1. The van der Waals surface area contributed by atoms with Gasteiger partial charge in [0.25, 0.3) is 0 Å². The summed E-state index contributed by atoms with van der Waals surface area (Å²) in [7, 11) is 0. The zero-order valence-electron chi connectivity index (χ0n) is 10.8. The van der Waals surface area contributed by atoms with E-state index in [1.165, 1.54) is 12.8 Å². The molecule has 1 aliphatic carbocycles. The fraction of sp³-hybridized carbons (Fsp3) is 0.769. The molecular formula is C13H22N2OS. The number of fused-ring (bicyclic) bond motifs is 1. The molecule has 1 N–H and O–H groups in total. The molecule has 0 bridgehead atoms. The normalized spacial score (nSPS) is 19.1. The van der Waals surface area contributed by atoms with Gasteiger partial charge in [-0.15, -0.1) is 0 Å². The Morgan fingerprint density at radius 3 is 2.94 bits per heavy atom. The second-order valence-corrected chi connectivity index (χ2v) is 5.66. The first-order chi connectivity index (χ1) is 8.26. The predicted molar refractivity (Wildman–Crippen MR) is 72.8 cm³/mol. The molecule has 0 saturated carbocycles. The van der Waals surface area contributed by atoms with E-state index in [-0.39, 0.29) is 6.10 Å². The third kappa shape index (κ3) is 2.80. The molecule has 3 nitrogen and oxygen atoms in total. The fourth-order valence-electron chi connectivity index (χ4n) is 2.26. The van der Waals surface area contributed by atoms with Crippen LogP contribution in [0.4, 0.5) is 5.13 Å². The molecule has 1 atom stereocenters.